The van der Waals surface area contributed by atoms with E-state index in [1.807, 2.05) is 12.1 Å². The fraction of sp³-hybridized carbons (Fsp3) is 0.500. The lowest BCUT2D eigenvalue weighted by atomic mass is 10.1. The number of rotatable bonds is 3. The molecule has 1 saturated heterocycles. The molecule has 0 spiro atoms. The maximum absolute atomic E-state index is 6.35. The molecule has 134 valence electrons. The molecule has 2 aliphatic heterocycles. The van der Waals surface area contributed by atoms with E-state index in [1.54, 1.807) is 11.3 Å². The zero-order valence-electron chi connectivity index (χ0n) is 14.6. The van der Waals surface area contributed by atoms with E-state index in [0.29, 0.717) is 17.7 Å². The van der Waals surface area contributed by atoms with Gasteiger partial charge in [0, 0.05) is 29.1 Å². The molecule has 0 amide bonds. The van der Waals surface area contributed by atoms with Crippen LogP contribution >= 0.6 is 22.9 Å². The normalized spacial score (nSPS) is 18.8. The molecule has 3 heterocycles. The highest BCUT2D eigenvalue weighted by Gasteiger charge is 2.23. The number of hydrogen-bond acceptors (Lipinski definition) is 6. The Bertz CT molecular complexity index is 758. The minimum absolute atomic E-state index is 0.505. The van der Waals surface area contributed by atoms with Crippen LogP contribution in [0.2, 0.25) is 5.02 Å². The molecule has 7 heteroatoms. The monoisotopic (exact) mass is 378 g/mol. The third kappa shape index (κ3) is 3.57. The molecule has 0 radical (unpaired) electrons. The molecule has 1 aromatic carbocycles. The van der Waals surface area contributed by atoms with Crippen molar-refractivity contribution in [1.29, 1.82) is 0 Å². The Labute approximate surface area is 157 Å². The molecule has 0 bridgehead atoms. The second kappa shape index (κ2) is 7.02. The number of ether oxygens (including phenoxy) is 1. The van der Waals surface area contributed by atoms with Crippen LogP contribution in [-0.4, -0.2) is 56.3 Å². The minimum Gasteiger partial charge on any atom is -0.489 e. The van der Waals surface area contributed by atoms with Crippen molar-refractivity contribution in [3.63, 3.8) is 0 Å². The Balaban J connectivity index is 1.58. The van der Waals surface area contributed by atoms with Gasteiger partial charge in [-0.15, -0.1) is 11.3 Å². The second-order valence-electron chi connectivity index (χ2n) is 6.83. The SMILES string of the molecule is CN1CCC(Nc2nc(-c3cc(Cl)cc4c3OCCN4C)cs2)CC1. The van der Waals surface area contributed by atoms with Crippen LogP contribution in [0.15, 0.2) is 17.5 Å². The molecule has 0 atom stereocenters. The number of piperidine rings is 1. The number of thiazole rings is 1. The summed E-state index contributed by atoms with van der Waals surface area (Å²) in [5.41, 5.74) is 2.93. The van der Waals surface area contributed by atoms with Crippen molar-refractivity contribution in [2.45, 2.75) is 18.9 Å². The van der Waals surface area contributed by atoms with E-state index in [-0.39, 0.29) is 0 Å². The van der Waals surface area contributed by atoms with Crippen LogP contribution in [0.5, 0.6) is 5.75 Å². The maximum Gasteiger partial charge on any atom is 0.183 e. The molecule has 0 aliphatic carbocycles. The molecule has 2 aliphatic rings. The number of benzene rings is 1. The number of hydrogen-bond donors (Lipinski definition) is 1. The van der Waals surface area contributed by atoms with Crippen LogP contribution < -0.4 is 15.0 Å². The molecular formula is C18H23ClN4OS. The summed E-state index contributed by atoms with van der Waals surface area (Å²) >= 11 is 7.99. The largest absolute Gasteiger partial charge is 0.489 e. The first-order chi connectivity index (χ1) is 12.1. The average Bonchev–Trinajstić information content (AvgIpc) is 3.05. The Hall–Kier alpha value is -1.50. The Morgan fingerprint density at radius 3 is 2.84 bits per heavy atom. The molecule has 25 heavy (non-hydrogen) atoms. The number of halogens is 1. The van der Waals surface area contributed by atoms with Gasteiger partial charge >= 0.3 is 0 Å². The predicted molar refractivity (Wildman–Crippen MR) is 105 cm³/mol. The fourth-order valence-corrected chi connectivity index (χ4v) is 4.40. The van der Waals surface area contributed by atoms with Crippen LogP contribution in [0.4, 0.5) is 10.8 Å². The first-order valence-corrected chi connectivity index (χ1v) is 9.94. The Kier molecular flexibility index (Phi) is 4.75. The van der Waals surface area contributed by atoms with Gasteiger partial charge in [0.15, 0.2) is 10.9 Å². The molecule has 1 fully saturated rings. The van der Waals surface area contributed by atoms with Crippen molar-refractivity contribution in [2.75, 3.05) is 50.6 Å². The molecule has 1 aromatic heterocycles. The number of nitrogens with zero attached hydrogens (tertiary/aromatic N) is 3. The third-order valence-corrected chi connectivity index (χ3v) is 5.94. The lowest BCUT2D eigenvalue weighted by Crippen LogP contribution is -2.36. The minimum atomic E-state index is 0.505. The lowest BCUT2D eigenvalue weighted by Gasteiger charge is -2.29. The number of likely N-dealkylation sites (tertiary alicyclic amines) is 1. The average molecular weight is 379 g/mol. The van der Waals surface area contributed by atoms with E-state index in [2.05, 4.69) is 34.6 Å². The van der Waals surface area contributed by atoms with Crippen molar-refractivity contribution in [3.8, 4) is 17.0 Å². The lowest BCUT2D eigenvalue weighted by molar-refractivity contribution is 0.264. The molecule has 1 N–H and O–H groups in total. The molecule has 5 nitrogen and oxygen atoms in total. The maximum atomic E-state index is 6.35. The highest BCUT2D eigenvalue weighted by atomic mass is 35.5. The van der Waals surface area contributed by atoms with E-state index >= 15 is 0 Å². The summed E-state index contributed by atoms with van der Waals surface area (Å²) in [5.74, 6) is 0.884. The summed E-state index contributed by atoms with van der Waals surface area (Å²) in [6.07, 6.45) is 2.32. The van der Waals surface area contributed by atoms with Gasteiger partial charge in [0.1, 0.15) is 6.61 Å². The topological polar surface area (TPSA) is 40.6 Å². The quantitative estimate of drug-likeness (QED) is 0.879. The van der Waals surface area contributed by atoms with Crippen LogP contribution in [0.1, 0.15) is 12.8 Å². The standard InChI is InChI=1S/C18H23ClN4OS/c1-22-5-3-13(4-6-22)20-18-21-15(11-25-18)14-9-12(19)10-16-17(14)24-8-7-23(16)2/h9-11,13H,3-8H2,1-2H3,(H,20,21). The zero-order chi connectivity index (χ0) is 17.4. The van der Waals surface area contributed by atoms with Crippen molar-refractivity contribution < 1.29 is 4.74 Å². The smallest absolute Gasteiger partial charge is 0.183 e. The second-order valence-corrected chi connectivity index (χ2v) is 8.13. The van der Waals surface area contributed by atoms with Gasteiger partial charge in [-0.25, -0.2) is 4.98 Å². The van der Waals surface area contributed by atoms with Crippen LogP contribution in [0, 0.1) is 0 Å². The Morgan fingerprint density at radius 2 is 2.04 bits per heavy atom. The van der Waals surface area contributed by atoms with Crippen LogP contribution in [-0.2, 0) is 0 Å². The first kappa shape index (κ1) is 16.9. The highest BCUT2D eigenvalue weighted by Crippen LogP contribution is 2.43. The van der Waals surface area contributed by atoms with E-state index in [9.17, 15) is 0 Å². The Morgan fingerprint density at radius 1 is 1.24 bits per heavy atom. The number of nitrogens with one attached hydrogen (secondary N) is 1. The van der Waals surface area contributed by atoms with Gasteiger partial charge in [-0.2, -0.15) is 0 Å². The predicted octanol–water partition coefficient (Wildman–Crippen LogP) is 3.80. The number of fused-ring (bicyclic) bond motifs is 1. The molecule has 4 rings (SSSR count). The first-order valence-electron chi connectivity index (χ1n) is 8.68. The van der Waals surface area contributed by atoms with Gasteiger partial charge < -0.3 is 19.9 Å². The molecule has 2 aromatic rings. The summed E-state index contributed by atoms with van der Waals surface area (Å²) in [4.78, 5) is 9.36. The zero-order valence-corrected chi connectivity index (χ0v) is 16.2. The van der Waals surface area contributed by atoms with Gasteiger partial charge in [-0.1, -0.05) is 11.6 Å². The summed E-state index contributed by atoms with van der Waals surface area (Å²) in [6.45, 7) is 3.82. The highest BCUT2D eigenvalue weighted by molar-refractivity contribution is 7.14. The number of aromatic nitrogens is 1. The summed E-state index contributed by atoms with van der Waals surface area (Å²) in [6, 6.07) is 4.42. The van der Waals surface area contributed by atoms with Gasteiger partial charge in [0.2, 0.25) is 0 Å². The molecular weight excluding hydrogens is 356 g/mol. The van der Waals surface area contributed by atoms with Gasteiger partial charge in [-0.3, -0.25) is 0 Å². The summed E-state index contributed by atoms with van der Waals surface area (Å²) in [5, 5.41) is 7.36. The van der Waals surface area contributed by atoms with Crippen molar-refractivity contribution in [2.24, 2.45) is 0 Å². The fourth-order valence-electron chi connectivity index (χ4n) is 3.40. The van der Waals surface area contributed by atoms with E-state index < -0.39 is 0 Å². The van der Waals surface area contributed by atoms with Crippen molar-refractivity contribution in [3.05, 3.63) is 22.5 Å². The van der Waals surface area contributed by atoms with E-state index in [4.69, 9.17) is 21.3 Å². The van der Waals surface area contributed by atoms with E-state index in [0.717, 1.165) is 60.3 Å². The number of anilines is 2. The molecule has 0 unspecified atom stereocenters. The van der Waals surface area contributed by atoms with Gasteiger partial charge in [-0.05, 0) is 45.1 Å². The molecule has 0 saturated carbocycles. The third-order valence-electron chi connectivity index (χ3n) is 4.94. The van der Waals surface area contributed by atoms with Crippen LogP contribution in [0.3, 0.4) is 0 Å². The van der Waals surface area contributed by atoms with Gasteiger partial charge in [0.25, 0.3) is 0 Å². The summed E-state index contributed by atoms with van der Waals surface area (Å²) < 4.78 is 5.94. The van der Waals surface area contributed by atoms with Gasteiger partial charge in [0.05, 0.1) is 17.9 Å². The van der Waals surface area contributed by atoms with Crippen LogP contribution in [0.25, 0.3) is 11.3 Å². The van der Waals surface area contributed by atoms with E-state index in [1.165, 1.54) is 0 Å². The van der Waals surface area contributed by atoms with Crippen molar-refractivity contribution in [1.82, 2.24) is 9.88 Å². The number of likely N-dealkylation sites (N-methyl/N-ethyl adjacent to an activating group) is 1. The van der Waals surface area contributed by atoms with Crippen molar-refractivity contribution >= 4 is 33.8 Å². The summed E-state index contributed by atoms with van der Waals surface area (Å²) in [7, 11) is 4.24.